The van der Waals surface area contributed by atoms with Crippen LogP contribution in [0.1, 0.15) is 12.5 Å². The van der Waals surface area contributed by atoms with E-state index < -0.39 is 11.5 Å². The second-order valence-corrected chi connectivity index (χ2v) is 4.18. The van der Waals surface area contributed by atoms with Crippen molar-refractivity contribution in [1.29, 1.82) is 0 Å². The van der Waals surface area contributed by atoms with Gasteiger partial charge >= 0.3 is 5.97 Å². The number of carbonyl (C=O) groups is 1. The van der Waals surface area contributed by atoms with Crippen molar-refractivity contribution in [2.45, 2.75) is 12.5 Å². The molecule has 1 heterocycles. The molecule has 1 aromatic carbocycles. The van der Waals surface area contributed by atoms with Crippen molar-refractivity contribution in [1.82, 2.24) is 4.57 Å². The van der Waals surface area contributed by atoms with E-state index >= 15 is 0 Å². The predicted octanol–water partition coefficient (Wildman–Crippen LogP) is 1.70. The molecule has 0 radical (unpaired) electrons. The van der Waals surface area contributed by atoms with Crippen molar-refractivity contribution in [2.24, 2.45) is 0 Å². The van der Waals surface area contributed by atoms with E-state index in [0.717, 1.165) is 0 Å². The molecule has 4 nitrogen and oxygen atoms in total. The summed E-state index contributed by atoms with van der Waals surface area (Å²) in [6.45, 7) is 1.61. The summed E-state index contributed by atoms with van der Waals surface area (Å²) in [6, 6.07) is 11.6. The third-order valence-electron chi connectivity index (χ3n) is 3.07. The summed E-state index contributed by atoms with van der Waals surface area (Å²) in [6.07, 6.45) is 2.98. The minimum absolute atomic E-state index is 0.146. The second kappa shape index (κ2) is 4.49. The van der Waals surface area contributed by atoms with Crippen LogP contribution in [-0.4, -0.2) is 15.6 Å². The molecule has 4 heteroatoms. The summed E-state index contributed by atoms with van der Waals surface area (Å²) in [4.78, 5) is 22.7. The van der Waals surface area contributed by atoms with Crippen molar-refractivity contribution in [3.63, 3.8) is 0 Å². The summed E-state index contributed by atoms with van der Waals surface area (Å²) in [5.74, 6) is -0.975. The summed E-state index contributed by atoms with van der Waals surface area (Å²) >= 11 is 0. The Hall–Kier alpha value is -2.36. The van der Waals surface area contributed by atoms with E-state index in [4.69, 9.17) is 0 Å². The zero-order chi connectivity index (χ0) is 13.2. The Bertz CT molecular complexity index is 598. The third-order valence-corrected chi connectivity index (χ3v) is 3.07. The maximum Gasteiger partial charge on any atom is 0.334 e. The maximum absolute atomic E-state index is 11.6. The molecule has 0 saturated carbocycles. The zero-order valence-electron chi connectivity index (χ0n) is 9.91. The van der Waals surface area contributed by atoms with Gasteiger partial charge in [-0.3, -0.25) is 4.79 Å². The van der Waals surface area contributed by atoms with Crippen LogP contribution in [0.15, 0.2) is 59.7 Å². The van der Waals surface area contributed by atoms with Crippen molar-refractivity contribution in [3.05, 3.63) is 70.6 Å². The van der Waals surface area contributed by atoms with E-state index in [9.17, 15) is 14.7 Å². The van der Waals surface area contributed by atoms with Crippen LogP contribution in [-0.2, 0) is 10.3 Å². The fourth-order valence-electron chi connectivity index (χ4n) is 1.86. The molecule has 0 aliphatic heterocycles. The van der Waals surface area contributed by atoms with Gasteiger partial charge in [-0.25, -0.2) is 4.79 Å². The summed E-state index contributed by atoms with van der Waals surface area (Å²) < 4.78 is 1.52. The highest BCUT2D eigenvalue weighted by molar-refractivity contribution is 5.80. The van der Waals surface area contributed by atoms with Gasteiger partial charge in [0.25, 0.3) is 0 Å². The lowest BCUT2D eigenvalue weighted by atomic mass is 9.91. The minimum atomic E-state index is -1.23. The van der Waals surface area contributed by atoms with E-state index in [2.05, 4.69) is 0 Å². The van der Waals surface area contributed by atoms with Crippen molar-refractivity contribution in [2.75, 3.05) is 0 Å². The van der Waals surface area contributed by atoms with Crippen LogP contribution in [0.3, 0.4) is 0 Å². The summed E-state index contributed by atoms with van der Waals surface area (Å²) in [7, 11) is 0. The Kier molecular flexibility index (Phi) is 3.02. The predicted molar refractivity (Wildman–Crippen MR) is 67.5 cm³/mol. The van der Waals surface area contributed by atoms with Gasteiger partial charge in [-0.15, -0.1) is 0 Å². The van der Waals surface area contributed by atoms with Crippen molar-refractivity contribution in [3.8, 4) is 0 Å². The molecule has 0 amide bonds. The fraction of sp³-hybridized carbons (Fsp3) is 0.143. The Balaban J connectivity index is 2.62. The smallest absolute Gasteiger partial charge is 0.334 e. The lowest BCUT2D eigenvalue weighted by Crippen LogP contribution is -2.40. The number of aromatic nitrogens is 1. The molecule has 2 aromatic rings. The van der Waals surface area contributed by atoms with Gasteiger partial charge in [0.05, 0.1) is 0 Å². The van der Waals surface area contributed by atoms with Gasteiger partial charge in [0, 0.05) is 24.5 Å². The molecule has 2 rings (SSSR count). The van der Waals surface area contributed by atoms with Crippen LogP contribution in [0.25, 0.3) is 0 Å². The highest BCUT2D eigenvalue weighted by Gasteiger charge is 2.36. The van der Waals surface area contributed by atoms with E-state index in [1.165, 1.54) is 29.1 Å². The van der Waals surface area contributed by atoms with Gasteiger partial charge < -0.3 is 9.67 Å². The number of aliphatic carboxylic acids is 1. The molecular weight excluding hydrogens is 230 g/mol. The fourth-order valence-corrected chi connectivity index (χ4v) is 1.86. The molecule has 0 aliphatic carbocycles. The SMILES string of the molecule is CC(C(=O)O)(c1ccccc1)n1ccc(=O)cc1. The number of carboxylic acids is 1. The van der Waals surface area contributed by atoms with E-state index in [0.29, 0.717) is 5.56 Å². The maximum atomic E-state index is 11.6. The molecule has 18 heavy (non-hydrogen) atoms. The lowest BCUT2D eigenvalue weighted by molar-refractivity contribution is -0.144. The number of hydrogen-bond acceptors (Lipinski definition) is 2. The van der Waals surface area contributed by atoms with Crippen LogP contribution in [0.5, 0.6) is 0 Å². The molecule has 1 N–H and O–H groups in total. The molecule has 0 bridgehead atoms. The lowest BCUT2D eigenvalue weighted by Gasteiger charge is -2.28. The van der Waals surface area contributed by atoms with Crippen LogP contribution in [0.2, 0.25) is 0 Å². The minimum Gasteiger partial charge on any atom is -0.479 e. The average molecular weight is 243 g/mol. The topological polar surface area (TPSA) is 59.3 Å². The monoisotopic (exact) mass is 243 g/mol. The molecular formula is C14H13NO3. The third kappa shape index (κ3) is 1.93. The van der Waals surface area contributed by atoms with Gasteiger partial charge in [0.2, 0.25) is 0 Å². The molecule has 92 valence electrons. The standard InChI is InChI=1S/C14H13NO3/c1-14(13(17)18,11-5-3-2-4-6-11)15-9-7-12(16)8-10-15/h2-10H,1H3,(H,17,18). The van der Waals surface area contributed by atoms with Crippen LogP contribution in [0.4, 0.5) is 0 Å². The average Bonchev–Trinajstić information content (AvgIpc) is 2.39. The van der Waals surface area contributed by atoms with Gasteiger partial charge in [-0.2, -0.15) is 0 Å². The molecule has 0 spiro atoms. The molecule has 1 aromatic heterocycles. The van der Waals surface area contributed by atoms with Crippen LogP contribution in [0, 0.1) is 0 Å². The van der Waals surface area contributed by atoms with Crippen molar-refractivity contribution < 1.29 is 9.90 Å². The highest BCUT2D eigenvalue weighted by atomic mass is 16.4. The number of hydrogen-bond donors (Lipinski definition) is 1. The summed E-state index contributed by atoms with van der Waals surface area (Å²) in [5.41, 5.74) is -0.720. The van der Waals surface area contributed by atoms with Gasteiger partial charge in [-0.05, 0) is 12.5 Å². The number of pyridine rings is 1. The van der Waals surface area contributed by atoms with Crippen LogP contribution < -0.4 is 5.43 Å². The molecule has 1 atom stereocenters. The van der Waals surface area contributed by atoms with E-state index in [1.807, 2.05) is 6.07 Å². The first-order valence-electron chi connectivity index (χ1n) is 5.53. The molecule has 0 fully saturated rings. The van der Waals surface area contributed by atoms with Gasteiger partial charge in [-0.1, -0.05) is 30.3 Å². The Morgan fingerprint density at radius 3 is 2.17 bits per heavy atom. The zero-order valence-corrected chi connectivity index (χ0v) is 9.91. The quantitative estimate of drug-likeness (QED) is 0.892. The number of rotatable bonds is 3. The van der Waals surface area contributed by atoms with E-state index in [1.54, 1.807) is 31.2 Å². The highest BCUT2D eigenvalue weighted by Crippen LogP contribution is 2.25. The van der Waals surface area contributed by atoms with Gasteiger partial charge in [0.15, 0.2) is 11.0 Å². The van der Waals surface area contributed by atoms with Crippen molar-refractivity contribution >= 4 is 5.97 Å². The van der Waals surface area contributed by atoms with Gasteiger partial charge in [0.1, 0.15) is 0 Å². The Morgan fingerprint density at radius 2 is 1.67 bits per heavy atom. The van der Waals surface area contributed by atoms with E-state index in [-0.39, 0.29) is 5.43 Å². The number of carboxylic acid groups (broad SMARTS) is 1. The molecule has 0 saturated heterocycles. The largest absolute Gasteiger partial charge is 0.479 e. The second-order valence-electron chi connectivity index (χ2n) is 4.18. The first-order valence-corrected chi connectivity index (χ1v) is 5.53. The summed E-state index contributed by atoms with van der Waals surface area (Å²) in [5, 5.41) is 9.51. The first kappa shape index (κ1) is 12.1. The Morgan fingerprint density at radius 1 is 1.11 bits per heavy atom. The van der Waals surface area contributed by atoms with Crippen LogP contribution >= 0.6 is 0 Å². The molecule has 1 unspecified atom stereocenters. The Labute approximate surface area is 104 Å². The molecule has 0 aliphatic rings. The normalized spacial score (nSPS) is 13.8. The number of nitrogens with zero attached hydrogens (tertiary/aromatic N) is 1. The number of benzene rings is 1. The first-order chi connectivity index (χ1) is 8.55.